The third-order valence-corrected chi connectivity index (χ3v) is 8.64. The molecule has 0 aliphatic carbocycles. The van der Waals surface area contributed by atoms with Gasteiger partial charge in [-0.1, -0.05) is 43.7 Å². The van der Waals surface area contributed by atoms with Gasteiger partial charge in [-0.3, -0.25) is 24.1 Å². The van der Waals surface area contributed by atoms with Crippen molar-refractivity contribution < 1.29 is 54.2 Å². The van der Waals surface area contributed by atoms with E-state index in [1.165, 1.54) is 9.80 Å². The van der Waals surface area contributed by atoms with Crippen molar-refractivity contribution in [2.24, 2.45) is 5.92 Å². The number of benzene rings is 1. The first-order chi connectivity index (χ1) is 24.4. The zero-order valence-corrected chi connectivity index (χ0v) is 28.4. The summed E-state index contributed by atoms with van der Waals surface area (Å²) in [5.41, 5.74) is 0.0427. The van der Waals surface area contributed by atoms with Gasteiger partial charge in [-0.25, -0.2) is 14.8 Å². The number of nitrogens with one attached hydrogen (secondary N) is 2. The molecular weight excluding hydrogens is 670 g/mol. The molecule has 5 atom stereocenters. The first kappa shape index (κ1) is 38.9. The van der Waals surface area contributed by atoms with Crippen LogP contribution in [0, 0.1) is 5.92 Å². The van der Waals surface area contributed by atoms with Crippen LogP contribution in [0.5, 0.6) is 0 Å². The van der Waals surface area contributed by atoms with Gasteiger partial charge in [0.05, 0.1) is 12.5 Å². The average Bonchev–Trinajstić information content (AvgIpc) is 3.12. The van der Waals surface area contributed by atoms with Gasteiger partial charge >= 0.3 is 12.1 Å². The largest absolute Gasteiger partial charge is 0.481 e. The molecule has 51 heavy (non-hydrogen) atoms. The van der Waals surface area contributed by atoms with Crippen molar-refractivity contribution in [3.8, 4) is 11.4 Å². The number of rotatable bonds is 13. The summed E-state index contributed by atoms with van der Waals surface area (Å²) in [7, 11) is 0. The highest BCUT2D eigenvalue weighted by Gasteiger charge is 2.51. The molecule has 1 aromatic heterocycles. The molecule has 0 radical (unpaired) electrons. The third-order valence-electron chi connectivity index (χ3n) is 8.64. The molecule has 0 spiro atoms. The molecule has 2 fully saturated rings. The maximum atomic E-state index is 13.8. The quantitative estimate of drug-likeness (QED) is 0.124. The van der Waals surface area contributed by atoms with Gasteiger partial charge in [0.25, 0.3) is 5.91 Å². The van der Waals surface area contributed by atoms with Crippen LogP contribution in [-0.4, -0.2) is 145 Å². The molecular formula is C33H45N7O11. The summed E-state index contributed by atoms with van der Waals surface area (Å²) >= 11 is 0. The lowest BCUT2D eigenvalue weighted by Crippen LogP contribution is -2.67. The number of aliphatic carboxylic acids is 1. The average molecular weight is 716 g/mol. The molecule has 4 unspecified atom stereocenters. The Morgan fingerprint density at radius 2 is 1.55 bits per heavy atom. The van der Waals surface area contributed by atoms with E-state index in [4.69, 9.17) is 4.74 Å². The first-order valence-electron chi connectivity index (χ1n) is 16.8. The number of aromatic nitrogens is 2. The number of piperazine rings is 1. The number of anilines is 1. The Morgan fingerprint density at radius 1 is 0.922 bits per heavy atom. The lowest BCUT2D eigenvalue weighted by atomic mass is 9.87. The predicted octanol–water partition coefficient (Wildman–Crippen LogP) is -0.881. The molecule has 2 aliphatic heterocycles. The number of carbonyl (C=O) groups is 5. The summed E-state index contributed by atoms with van der Waals surface area (Å²) < 4.78 is 5.25. The third kappa shape index (κ3) is 9.46. The fourth-order valence-electron chi connectivity index (χ4n) is 5.81. The number of unbranched alkanes of at least 4 members (excludes halogenated alkanes) is 1. The van der Waals surface area contributed by atoms with Crippen LogP contribution in [0.3, 0.4) is 0 Å². The minimum Gasteiger partial charge on any atom is -0.481 e. The smallest absolute Gasteiger partial charge is 0.409 e. The summed E-state index contributed by atoms with van der Waals surface area (Å²) in [6.45, 7) is 4.60. The van der Waals surface area contributed by atoms with Crippen LogP contribution >= 0.6 is 0 Å². The second kappa shape index (κ2) is 17.8. The van der Waals surface area contributed by atoms with Crippen LogP contribution < -0.4 is 15.5 Å². The number of hydrogen-bond acceptors (Lipinski definition) is 13. The number of carbonyl (C=O) groups excluding carboxylic acids is 4. The van der Waals surface area contributed by atoms with Crippen LogP contribution in [-0.2, 0) is 19.1 Å². The fourth-order valence-corrected chi connectivity index (χ4v) is 5.81. The molecule has 18 nitrogen and oxygen atoms in total. The van der Waals surface area contributed by atoms with Crippen LogP contribution in [0.2, 0.25) is 0 Å². The number of amides is 4. The molecule has 3 heterocycles. The van der Waals surface area contributed by atoms with Gasteiger partial charge in [0.15, 0.2) is 18.3 Å². The van der Waals surface area contributed by atoms with E-state index in [0.717, 1.165) is 23.8 Å². The zero-order valence-electron chi connectivity index (χ0n) is 28.4. The Labute approximate surface area is 294 Å². The van der Waals surface area contributed by atoms with Crippen molar-refractivity contribution in [3.05, 3.63) is 42.1 Å². The van der Waals surface area contributed by atoms with Gasteiger partial charge in [-0.05, 0) is 19.8 Å². The van der Waals surface area contributed by atoms with Crippen molar-refractivity contribution in [2.45, 2.75) is 70.2 Å². The van der Waals surface area contributed by atoms with Gasteiger partial charge in [-0.15, -0.1) is 0 Å². The normalized spacial score (nSPS) is 22.5. The number of nitrogens with zero attached hydrogens (tertiary/aromatic N) is 5. The van der Waals surface area contributed by atoms with Crippen LogP contribution in [0.15, 0.2) is 36.4 Å². The highest BCUT2D eigenvalue weighted by molar-refractivity contribution is 5.97. The molecule has 2 saturated heterocycles. The molecule has 2 aliphatic rings. The number of aliphatic hydroxyl groups is 4. The van der Waals surface area contributed by atoms with Crippen LogP contribution in [0.25, 0.3) is 11.4 Å². The van der Waals surface area contributed by atoms with E-state index in [0.29, 0.717) is 5.56 Å². The minimum absolute atomic E-state index is 0.0668. The zero-order chi connectivity index (χ0) is 37.2. The lowest BCUT2D eigenvalue weighted by molar-refractivity contribution is -0.164. The van der Waals surface area contributed by atoms with E-state index in [1.807, 2.05) is 6.92 Å². The first-order valence-corrected chi connectivity index (χ1v) is 16.8. The molecule has 1 aromatic carbocycles. The van der Waals surface area contributed by atoms with Crippen molar-refractivity contribution in [2.75, 3.05) is 44.2 Å². The molecule has 4 rings (SSSR count). The Hall–Kier alpha value is -4.91. The molecule has 18 heteroatoms. The van der Waals surface area contributed by atoms with E-state index in [9.17, 15) is 49.5 Å². The van der Waals surface area contributed by atoms with Crippen molar-refractivity contribution >= 4 is 35.6 Å². The summed E-state index contributed by atoms with van der Waals surface area (Å²) in [5.74, 6) is -5.48. The lowest BCUT2D eigenvalue weighted by Gasteiger charge is -2.46. The van der Waals surface area contributed by atoms with Crippen molar-refractivity contribution in [1.29, 1.82) is 0 Å². The Bertz CT molecular complexity index is 1520. The molecule has 0 saturated carbocycles. The topological polar surface area (TPSA) is 255 Å². The number of ether oxygens (including phenoxy) is 1. The maximum Gasteiger partial charge on any atom is 0.409 e. The minimum atomic E-state index is -1.97. The SMILES string of the molecule is CCCCOC(=O)N1CCN(C(=O)[C@H](CCC(=O)O)NC(=O)c2cc(N3C(O)C(O)C(C(=O)NCC)C(O)C3O)nc(-c3ccccc3)n2)CC1. The summed E-state index contributed by atoms with van der Waals surface area (Å²) in [4.78, 5) is 76.2. The Morgan fingerprint density at radius 3 is 2.14 bits per heavy atom. The van der Waals surface area contributed by atoms with Gasteiger partial charge in [-0.2, -0.15) is 0 Å². The number of hydrogen-bond donors (Lipinski definition) is 7. The second-order valence-corrected chi connectivity index (χ2v) is 12.2. The van der Waals surface area contributed by atoms with Gasteiger partial charge in [0.2, 0.25) is 11.8 Å². The van der Waals surface area contributed by atoms with Crippen LogP contribution in [0.4, 0.5) is 10.6 Å². The monoisotopic (exact) mass is 715 g/mol. The van der Waals surface area contributed by atoms with Crippen LogP contribution in [0.1, 0.15) is 50.0 Å². The molecule has 2 aromatic rings. The van der Waals surface area contributed by atoms with E-state index in [-0.39, 0.29) is 63.1 Å². The van der Waals surface area contributed by atoms with E-state index in [2.05, 4.69) is 20.6 Å². The highest BCUT2D eigenvalue weighted by Crippen LogP contribution is 2.32. The maximum absolute atomic E-state index is 13.8. The Balaban J connectivity index is 1.61. The molecule has 7 N–H and O–H groups in total. The van der Waals surface area contributed by atoms with Gasteiger partial charge in [0.1, 0.15) is 29.8 Å². The molecule has 4 amide bonds. The molecule has 0 bridgehead atoms. The van der Waals surface area contributed by atoms with Crippen molar-refractivity contribution in [1.82, 2.24) is 30.4 Å². The van der Waals surface area contributed by atoms with Gasteiger partial charge in [0, 0.05) is 50.8 Å². The number of piperidine rings is 1. The van der Waals surface area contributed by atoms with E-state index >= 15 is 0 Å². The molecule has 278 valence electrons. The van der Waals surface area contributed by atoms with Crippen molar-refractivity contribution in [3.63, 3.8) is 0 Å². The summed E-state index contributed by atoms with van der Waals surface area (Å²) in [6, 6.07) is 8.05. The number of carboxylic acids is 1. The highest BCUT2D eigenvalue weighted by atomic mass is 16.6. The standard InChI is InChI=1S/C33H45N7O11/c1-3-5-17-51-33(50)39-15-13-38(14-16-39)30(47)20(11-12-23(41)42)36-28(45)21-18-22(37-27(35-21)19-9-7-6-8-10-19)40-31(48)25(43)24(26(44)32(40)49)29(46)34-4-2/h6-10,18,20,24-26,31-32,43-44,48-49H,3-5,11-17H2,1-2H3,(H,34,46)(H,36,45)(H,41,42)/t20-,24?,25?,26?,31?,32?/m0/s1. The fraction of sp³-hybridized carbons (Fsp3) is 0.545. The van der Waals surface area contributed by atoms with Gasteiger partial charge < -0.3 is 50.7 Å². The second-order valence-electron chi connectivity index (χ2n) is 12.2. The Kier molecular flexibility index (Phi) is 13.6. The summed E-state index contributed by atoms with van der Waals surface area (Å²) in [5, 5.41) is 58.2. The predicted molar refractivity (Wildman–Crippen MR) is 179 cm³/mol. The number of aliphatic hydroxyl groups excluding tert-OH is 4. The van der Waals surface area contributed by atoms with E-state index in [1.54, 1.807) is 37.3 Å². The number of carboxylic acid groups (broad SMARTS) is 1. The van der Waals surface area contributed by atoms with E-state index < -0.39 is 72.8 Å². The summed E-state index contributed by atoms with van der Waals surface area (Å²) in [6.07, 6.45) is -7.38.